The largest absolute Gasteiger partial charge is 0.462 e. The maximum Gasteiger partial charge on any atom is 0.303 e. The Bertz CT molecular complexity index is 377. The first kappa shape index (κ1) is 15.7. The SMILES string of the molecule is CC(=O)OC[C@](O)(/C=C/[C@H](C)OC(C)=O)[C@@H]1O[C@H]1C. The van der Waals surface area contributed by atoms with Crippen molar-refractivity contribution in [2.24, 2.45) is 0 Å². The van der Waals surface area contributed by atoms with Crippen LogP contribution in [0.3, 0.4) is 0 Å². The predicted molar refractivity (Wildman–Crippen MR) is 66.3 cm³/mol. The molecule has 6 heteroatoms. The smallest absolute Gasteiger partial charge is 0.303 e. The van der Waals surface area contributed by atoms with Crippen molar-refractivity contribution in [1.29, 1.82) is 0 Å². The second-order valence-electron chi connectivity index (χ2n) is 4.71. The Morgan fingerprint density at radius 3 is 2.42 bits per heavy atom. The third-order valence-corrected chi connectivity index (χ3v) is 2.72. The maximum absolute atomic E-state index is 10.8. The molecule has 1 fully saturated rings. The first-order valence-corrected chi connectivity index (χ1v) is 6.12. The maximum atomic E-state index is 10.8. The van der Waals surface area contributed by atoms with Crippen LogP contribution >= 0.6 is 0 Å². The minimum absolute atomic E-state index is 0.103. The third kappa shape index (κ3) is 5.00. The summed E-state index contributed by atoms with van der Waals surface area (Å²) < 4.78 is 15.0. The van der Waals surface area contributed by atoms with E-state index in [4.69, 9.17) is 14.2 Å². The topological polar surface area (TPSA) is 85.4 Å². The molecule has 1 N–H and O–H groups in total. The number of hydrogen-bond acceptors (Lipinski definition) is 6. The van der Waals surface area contributed by atoms with Crippen LogP contribution in [0.4, 0.5) is 0 Å². The first-order valence-electron chi connectivity index (χ1n) is 6.12. The van der Waals surface area contributed by atoms with Gasteiger partial charge in [-0.25, -0.2) is 0 Å². The van der Waals surface area contributed by atoms with E-state index in [2.05, 4.69) is 0 Å². The highest BCUT2D eigenvalue weighted by Crippen LogP contribution is 2.33. The number of rotatable bonds is 6. The number of aliphatic hydroxyl groups is 1. The van der Waals surface area contributed by atoms with Gasteiger partial charge in [-0.3, -0.25) is 9.59 Å². The summed E-state index contributed by atoms with van der Waals surface area (Å²) in [7, 11) is 0. The predicted octanol–water partition coefficient (Wildman–Crippen LogP) is 0.576. The number of hydrogen-bond donors (Lipinski definition) is 1. The fourth-order valence-electron chi connectivity index (χ4n) is 1.76. The Hall–Kier alpha value is -1.40. The summed E-state index contributed by atoms with van der Waals surface area (Å²) in [6.07, 6.45) is 1.99. The van der Waals surface area contributed by atoms with E-state index in [-0.39, 0.29) is 12.7 Å². The van der Waals surface area contributed by atoms with Crippen LogP contribution in [-0.2, 0) is 23.8 Å². The van der Waals surface area contributed by atoms with Crippen LogP contribution in [0.2, 0.25) is 0 Å². The molecule has 0 bridgehead atoms. The minimum atomic E-state index is -1.40. The van der Waals surface area contributed by atoms with Crippen molar-refractivity contribution in [3.05, 3.63) is 12.2 Å². The summed E-state index contributed by atoms with van der Waals surface area (Å²) >= 11 is 0. The van der Waals surface area contributed by atoms with Crippen LogP contribution in [0, 0.1) is 0 Å². The lowest BCUT2D eigenvalue weighted by molar-refractivity contribution is -0.147. The fourth-order valence-corrected chi connectivity index (χ4v) is 1.76. The van der Waals surface area contributed by atoms with E-state index in [0.717, 1.165) is 0 Å². The van der Waals surface area contributed by atoms with Gasteiger partial charge >= 0.3 is 11.9 Å². The van der Waals surface area contributed by atoms with Crippen molar-refractivity contribution in [2.75, 3.05) is 6.61 Å². The molecule has 1 aliphatic rings. The van der Waals surface area contributed by atoms with Gasteiger partial charge in [0, 0.05) is 13.8 Å². The number of ether oxygens (including phenoxy) is 3. The third-order valence-electron chi connectivity index (χ3n) is 2.72. The lowest BCUT2D eigenvalue weighted by Crippen LogP contribution is -2.40. The van der Waals surface area contributed by atoms with Gasteiger partial charge in [0.2, 0.25) is 0 Å². The summed E-state index contributed by atoms with van der Waals surface area (Å²) in [4.78, 5) is 21.6. The Morgan fingerprint density at radius 1 is 1.42 bits per heavy atom. The highest BCUT2D eigenvalue weighted by molar-refractivity contribution is 5.66. The van der Waals surface area contributed by atoms with Crippen molar-refractivity contribution in [2.45, 2.75) is 51.6 Å². The lowest BCUT2D eigenvalue weighted by Gasteiger charge is -2.22. The molecule has 0 aromatic carbocycles. The fraction of sp³-hybridized carbons (Fsp3) is 0.692. The van der Waals surface area contributed by atoms with Crippen molar-refractivity contribution in [1.82, 2.24) is 0 Å². The Balaban J connectivity index is 2.66. The van der Waals surface area contributed by atoms with Crippen molar-refractivity contribution in [3.63, 3.8) is 0 Å². The highest BCUT2D eigenvalue weighted by Gasteiger charge is 2.51. The molecule has 0 spiro atoms. The average Bonchev–Trinajstić information content (AvgIpc) is 3.01. The van der Waals surface area contributed by atoms with Gasteiger partial charge in [-0.05, 0) is 26.0 Å². The molecular formula is C13H20O6. The zero-order valence-electron chi connectivity index (χ0n) is 11.6. The van der Waals surface area contributed by atoms with Gasteiger partial charge in [-0.2, -0.15) is 0 Å². The molecular weight excluding hydrogens is 252 g/mol. The monoisotopic (exact) mass is 272 g/mol. The minimum Gasteiger partial charge on any atom is -0.462 e. The quantitative estimate of drug-likeness (QED) is 0.432. The zero-order valence-corrected chi connectivity index (χ0v) is 11.6. The first-order chi connectivity index (χ1) is 8.74. The van der Waals surface area contributed by atoms with E-state index < -0.39 is 29.7 Å². The Morgan fingerprint density at radius 2 is 2.00 bits per heavy atom. The summed E-state index contributed by atoms with van der Waals surface area (Å²) in [5, 5.41) is 10.4. The van der Waals surface area contributed by atoms with Crippen molar-refractivity contribution in [3.8, 4) is 0 Å². The van der Waals surface area contributed by atoms with Gasteiger partial charge in [0.25, 0.3) is 0 Å². The molecule has 0 aromatic rings. The molecule has 6 nitrogen and oxygen atoms in total. The number of epoxide rings is 1. The van der Waals surface area contributed by atoms with E-state index >= 15 is 0 Å². The Kier molecular flexibility index (Phi) is 5.08. The summed E-state index contributed by atoms with van der Waals surface area (Å²) in [5.41, 5.74) is -1.40. The van der Waals surface area contributed by atoms with Crippen LogP contribution in [0.25, 0.3) is 0 Å². The molecule has 0 radical (unpaired) electrons. The van der Waals surface area contributed by atoms with E-state index in [1.54, 1.807) is 13.0 Å². The molecule has 4 atom stereocenters. The summed E-state index contributed by atoms with van der Waals surface area (Å²) in [5.74, 6) is -0.884. The normalized spacial score (nSPS) is 26.6. The van der Waals surface area contributed by atoms with Crippen LogP contribution < -0.4 is 0 Å². The van der Waals surface area contributed by atoms with Crippen LogP contribution in [-0.4, -0.2) is 47.6 Å². The molecule has 1 saturated heterocycles. The number of carbonyl (C=O) groups is 2. The lowest BCUT2D eigenvalue weighted by atomic mass is 9.97. The second-order valence-corrected chi connectivity index (χ2v) is 4.71. The van der Waals surface area contributed by atoms with Crippen LogP contribution in [0.15, 0.2) is 12.2 Å². The number of esters is 2. The Labute approximate surface area is 112 Å². The molecule has 108 valence electrons. The average molecular weight is 272 g/mol. The molecule has 1 rings (SSSR count). The zero-order chi connectivity index (χ0) is 14.6. The van der Waals surface area contributed by atoms with Gasteiger partial charge in [0.05, 0.1) is 6.10 Å². The number of carbonyl (C=O) groups excluding carboxylic acids is 2. The molecule has 0 aromatic heterocycles. The van der Waals surface area contributed by atoms with E-state index in [1.807, 2.05) is 6.92 Å². The highest BCUT2D eigenvalue weighted by atomic mass is 16.6. The molecule has 0 saturated carbocycles. The molecule has 1 aliphatic heterocycles. The van der Waals surface area contributed by atoms with Gasteiger partial charge in [-0.1, -0.05) is 0 Å². The van der Waals surface area contributed by atoms with Crippen molar-refractivity contribution >= 4 is 11.9 Å². The van der Waals surface area contributed by atoms with Gasteiger partial charge in [0.15, 0.2) is 0 Å². The molecule has 19 heavy (non-hydrogen) atoms. The molecule has 1 heterocycles. The summed E-state index contributed by atoms with van der Waals surface area (Å²) in [6, 6.07) is 0. The van der Waals surface area contributed by atoms with Crippen molar-refractivity contribution < 1.29 is 28.9 Å². The van der Waals surface area contributed by atoms with Gasteiger partial charge in [0.1, 0.15) is 24.4 Å². The standard InChI is InChI=1S/C13H20O6/c1-8(18-11(4)15)5-6-13(16,7-17-10(3)14)12-9(2)19-12/h5-6,8-9,12,16H,7H2,1-4H3/b6-5+/t8-,9-,12+,13+/m0/s1. The molecule has 0 unspecified atom stereocenters. The van der Waals surface area contributed by atoms with E-state index in [9.17, 15) is 14.7 Å². The van der Waals surface area contributed by atoms with E-state index in [1.165, 1.54) is 19.9 Å². The van der Waals surface area contributed by atoms with Gasteiger partial charge < -0.3 is 19.3 Å². The van der Waals surface area contributed by atoms with E-state index in [0.29, 0.717) is 0 Å². The van der Waals surface area contributed by atoms with Gasteiger partial charge in [-0.15, -0.1) is 0 Å². The van der Waals surface area contributed by atoms with Crippen LogP contribution in [0.5, 0.6) is 0 Å². The molecule has 0 aliphatic carbocycles. The molecule has 0 amide bonds. The van der Waals surface area contributed by atoms with Crippen LogP contribution in [0.1, 0.15) is 27.7 Å². The second kappa shape index (κ2) is 6.16. The summed E-state index contributed by atoms with van der Waals surface area (Å²) in [6.45, 7) is 5.86.